The van der Waals surface area contributed by atoms with E-state index < -0.39 is 64.6 Å². The molecule has 8 aromatic rings. The Balaban J connectivity index is 1.37. The number of benzene rings is 8. The summed E-state index contributed by atoms with van der Waals surface area (Å²) in [6, 6.07) is 57.6. The predicted molar refractivity (Wildman–Crippen MR) is 631 cm³/mol. The minimum Gasteiger partial charge on any atom is -0.309 e. The minimum atomic E-state index is -2.15. The van der Waals surface area contributed by atoms with Gasteiger partial charge in [-0.1, -0.05) is 655 Å². The highest BCUT2D eigenvalue weighted by Crippen LogP contribution is 2.51. The molecule has 9 heteroatoms. The van der Waals surface area contributed by atoms with Crippen LogP contribution in [-0.2, 0) is 26.2 Å². The van der Waals surface area contributed by atoms with Crippen molar-refractivity contribution in [2.24, 2.45) is 0 Å². The third-order valence-corrected chi connectivity index (χ3v) is 62.5. The molecule has 2 aliphatic rings. The minimum absolute atomic E-state index is 1.03. The molecule has 0 saturated carbocycles. The normalized spacial score (nSPS) is 14.1. The summed E-state index contributed by atoms with van der Waals surface area (Å²) in [5.41, 5.74) is 13.3. The van der Waals surface area contributed by atoms with Crippen LogP contribution in [0.3, 0.4) is 0 Å². The molecule has 0 aromatic heterocycles. The second-order valence-electron chi connectivity index (χ2n) is 50.1. The smallest absolute Gasteiger partial charge is 0.106 e. The SMILES string of the molecule is CCCCCCCC[Si](C)(C)c1ccc2c3c(cc([Si](C)(C)CCCCCCCC)c2c1)C[N+]1(Cc2cc([Si](C)(C)CCCCCCCC)c4cc([Si](C)(C)CCCCCCCC)ccc4c2-3)Cc2cc([Si](C)(C)CCCCCCCC)c3cc([Si](C)(C)CCCCCCCC)ccc3c2-c2c(cc([Si](C)(C)CCCCCCCC)c3cc([Si](C)(C)CCCCCCCC)ccc23)C1. The Bertz CT molecular complexity index is 4280. The second kappa shape index (κ2) is 53.0. The maximum Gasteiger partial charge on any atom is 0.106 e. The Kier molecular flexibility index (Phi) is 44.4. The molecule has 2 heterocycles. The maximum absolute atomic E-state index is 3.08. The third-order valence-electron chi connectivity index (χ3n) is 34.7. The van der Waals surface area contributed by atoms with Crippen molar-refractivity contribution >= 4 is 149 Å². The highest BCUT2D eigenvalue weighted by molar-refractivity contribution is 6.95. The van der Waals surface area contributed by atoms with Gasteiger partial charge in [-0.15, -0.1) is 0 Å². The molecule has 0 radical (unpaired) electrons. The molecule has 133 heavy (non-hydrogen) atoms. The van der Waals surface area contributed by atoms with Crippen LogP contribution in [0.2, 0.25) is 153 Å². The third kappa shape index (κ3) is 30.3. The van der Waals surface area contributed by atoms with Crippen molar-refractivity contribution in [3.8, 4) is 22.3 Å². The van der Waals surface area contributed by atoms with E-state index in [4.69, 9.17) is 0 Å². The van der Waals surface area contributed by atoms with Gasteiger partial charge in [-0.25, -0.2) is 0 Å². The van der Waals surface area contributed by atoms with E-state index in [0.717, 1.165) is 30.7 Å². The Morgan fingerprint density at radius 2 is 0.308 bits per heavy atom. The Labute approximate surface area is 831 Å². The van der Waals surface area contributed by atoms with E-state index in [1.807, 2.05) is 0 Å². The second-order valence-corrected chi connectivity index (χ2v) is 88.7. The largest absolute Gasteiger partial charge is 0.309 e. The zero-order chi connectivity index (χ0) is 96.1. The van der Waals surface area contributed by atoms with Gasteiger partial charge in [0, 0.05) is 22.3 Å². The highest BCUT2D eigenvalue weighted by atomic mass is 28.3. The first-order valence-corrected chi connectivity index (χ1v) is 83.6. The Hall–Kier alpha value is -3.50. The Morgan fingerprint density at radius 1 is 0.165 bits per heavy atom. The molecule has 0 amide bonds. The van der Waals surface area contributed by atoms with Crippen molar-refractivity contribution in [1.29, 1.82) is 0 Å². The maximum atomic E-state index is 3.08. The van der Waals surface area contributed by atoms with Crippen LogP contribution in [0.5, 0.6) is 0 Å². The fourth-order valence-electron chi connectivity index (χ4n) is 25.2. The summed E-state index contributed by atoms with van der Waals surface area (Å²) in [6.07, 6.45) is 65.6. The highest BCUT2D eigenvalue weighted by Gasteiger charge is 2.45. The van der Waals surface area contributed by atoms with E-state index in [-0.39, 0.29) is 0 Å². The molecule has 2 aliphatic heterocycles. The Morgan fingerprint density at radius 3 is 0.466 bits per heavy atom. The van der Waals surface area contributed by atoms with Crippen LogP contribution in [0.4, 0.5) is 0 Å². The lowest BCUT2D eigenvalue weighted by Gasteiger charge is -2.39. The summed E-state index contributed by atoms with van der Waals surface area (Å²) in [7, 11) is -16.1. The molecule has 1 spiro atoms. The van der Waals surface area contributed by atoms with Gasteiger partial charge in [0.25, 0.3) is 0 Å². The topological polar surface area (TPSA) is 0 Å². The quantitative estimate of drug-likeness (QED) is 0.0202. The van der Waals surface area contributed by atoms with Gasteiger partial charge in [0.2, 0.25) is 0 Å². The first-order chi connectivity index (χ1) is 63.6. The van der Waals surface area contributed by atoms with Gasteiger partial charge in [-0.05, 0) is 65.3 Å². The lowest BCUT2D eigenvalue weighted by molar-refractivity contribution is -0.977. The number of nitrogens with zero attached hydrogens (tertiary/aromatic N) is 1. The molecule has 1 nitrogen and oxygen atoms in total. The van der Waals surface area contributed by atoms with Crippen molar-refractivity contribution in [2.75, 3.05) is 0 Å². The van der Waals surface area contributed by atoms with Crippen molar-refractivity contribution in [3.05, 3.63) is 119 Å². The van der Waals surface area contributed by atoms with E-state index in [9.17, 15) is 0 Å². The summed E-state index contributed by atoms with van der Waals surface area (Å²) in [5, 5.41) is 27.1. The molecule has 0 unspecified atom stereocenters. The van der Waals surface area contributed by atoms with E-state index in [1.54, 1.807) is 129 Å². The number of unbranched alkanes of at least 4 members (excludes halogenated alkanes) is 40. The molecule has 0 saturated heterocycles. The first kappa shape index (κ1) is 111. The molecule has 0 bridgehead atoms. The van der Waals surface area contributed by atoms with Crippen molar-refractivity contribution < 1.29 is 4.48 Å². The van der Waals surface area contributed by atoms with Gasteiger partial charge in [0.1, 0.15) is 26.2 Å². The summed E-state index contributed by atoms with van der Waals surface area (Å²) >= 11 is 0. The molecule has 740 valence electrons. The fourth-order valence-corrected chi connectivity index (χ4v) is 46.8. The van der Waals surface area contributed by atoms with Crippen LogP contribution in [0.25, 0.3) is 65.3 Å². The van der Waals surface area contributed by atoms with Gasteiger partial charge < -0.3 is 4.48 Å². The molecular formula is C124H208NSi8+. The first-order valence-electron chi connectivity index (χ1n) is 57.9. The van der Waals surface area contributed by atoms with E-state index >= 15 is 0 Å². The molecule has 0 N–H and O–H groups in total. The van der Waals surface area contributed by atoms with Gasteiger partial charge in [0.15, 0.2) is 0 Å². The molecule has 0 fully saturated rings. The van der Waals surface area contributed by atoms with Gasteiger partial charge >= 0.3 is 0 Å². The molecule has 0 aliphatic carbocycles. The van der Waals surface area contributed by atoms with Crippen LogP contribution >= 0.6 is 0 Å². The zero-order valence-electron chi connectivity index (χ0n) is 92.1. The number of rotatable bonds is 64. The molecule has 8 aromatic carbocycles. The number of fused-ring (bicyclic) bond motifs is 14. The molecule has 10 rings (SSSR count). The number of hydrogen-bond donors (Lipinski definition) is 0. The van der Waals surface area contributed by atoms with Gasteiger partial charge in [0.05, 0.1) is 64.6 Å². The average molecular weight is 1940 g/mol. The van der Waals surface area contributed by atoms with Crippen molar-refractivity contribution in [1.82, 2.24) is 0 Å². The van der Waals surface area contributed by atoms with Gasteiger partial charge in [-0.2, -0.15) is 0 Å². The van der Waals surface area contributed by atoms with E-state index in [1.165, 1.54) is 357 Å². The van der Waals surface area contributed by atoms with E-state index in [0.29, 0.717) is 0 Å². The van der Waals surface area contributed by atoms with Crippen molar-refractivity contribution in [2.45, 2.75) is 543 Å². The fraction of sp³-hybridized carbons (Fsp3) is 0.677. The van der Waals surface area contributed by atoms with Crippen LogP contribution in [0.15, 0.2) is 97.1 Å². The summed E-state index contributed by atoms with van der Waals surface area (Å²) in [5.74, 6) is 0. The summed E-state index contributed by atoms with van der Waals surface area (Å²) < 4.78 is 1.03. The standard InChI is InChI=1S/C124H208NSi8/c1-25-33-41-49-57-65-81-126(9,10)105-73-77-109-113(93-105)117(130(17,18)85-69-61-53-45-37-29-5)89-101-97-125(98-102-90-118(131(19,20)86-70-62-54-46-38-30-6)114-94-106(74-78-110(114)122(102)121(101)109)127(11,12)82-66-58-50-42-34-26-2)99-103-91-119(132(21,22)87-71-63-55-47-39-31-7)115-95-107(128(13,14)83-67-59-51-43-35-27-3)75-79-111(115)123(103)124-104(100-125)92-120(133(23,24)88-72-64-56-48-40-32-8)116-96-108(76-80-112(116)124)129(15,16)84-68-60-52-44-36-28-4/h73-80,89-96H,25-72,81-88,97-100H2,1-24H3/q+1. The summed E-state index contributed by atoms with van der Waals surface area (Å²) in [6.45, 7) is 68.5. The van der Waals surface area contributed by atoms with E-state index in [2.05, 4.69) is 257 Å². The number of hydrogen-bond acceptors (Lipinski definition) is 0. The van der Waals surface area contributed by atoms with Crippen LogP contribution in [0, 0.1) is 0 Å². The monoisotopic (exact) mass is 1940 g/mol. The lowest BCUT2D eigenvalue weighted by Crippen LogP contribution is -2.47. The van der Waals surface area contributed by atoms with Crippen LogP contribution < -0.4 is 41.5 Å². The van der Waals surface area contributed by atoms with Gasteiger partial charge in [-0.3, -0.25) is 0 Å². The number of quaternary nitrogens is 1. The van der Waals surface area contributed by atoms with Crippen LogP contribution in [0.1, 0.15) is 386 Å². The van der Waals surface area contributed by atoms with Crippen molar-refractivity contribution in [3.63, 3.8) is 0 Å². The lowest BCUT2D eigenvalue weighted by atomic mass is 9.88. The summed E-state index contributed by atoms with van der Waals surface area (Å²) in [4.78, 5) is 0. The van der Waals surface area contributed by atoms with Crippen LogP contribution in [-0.4, -0.2) is 69.1 Å². The average Bonchev–Trinajstić information content (AvgIpc) is 1.61. The molecule has 0 atom stereocenters. The zero-order valence-corrected chi connectivity index (χ0v) is 100. The predicted octanol–water partition coefficient (Wildman–Crippen LogP) is 37.4. The molecular weight excluding hydrogens is 1730 g/mol.